The lowest BCUT2D eigenvalue weighted by molar-refractivity contribution is -0.139. The molecule has 0 atom stereocenters. The van der Waals surface area contributed by atoms with Crippen molar-refractivity contribution in [3.63, 3.8) is 0 Å². The van der Waals surface area contributed by atoms with Crippen LogP contribution in [0.5, 0.6) is 0 Å². The van der Waals surface area contributed by atoms with E-state index in [2.05, 4.69) is 4.40 Å². The molecule has 7 nitrogen and oxygen atoms in total. The Hall–Kier alpha value is -2.66. The normalized spacial score (nSPS) is 16.3. The van der Waals surface area contributed by atoms with E-state index >= 15 is 0 Å². The molecule has 22 heavy (non-hydrogen) atoms. The van der Waals surface area contributed by atoms with Gasteiger partial charge < -0.3 is 4.74 Å². The summed E-state index contributed by atoms with van der Waals surface area (Å²) in [6.45, 7) is 1.45. The van der Waals surface area contributed by atoms with Gasteiger partial charge >= 0.3 is 16.2 Å². The molecule has 1 aromatic carbocycles. The lowest BCUT2D eigenvalue weighted by Crippen LogP contribution is -2.29. The zero-order valence-electron chi connectivity index (χ0n) is 12.0. The quantitative estimate of drug-likeness (QED) is 0.778. The van der Waals surface area contributed by atoms with Crippen LogP contribution in [0.3, 0.4) is 0 Å². The molecular weight excluding hydrogens is 306 g/mol. The number of benzene rings is 1. The van der Waals surface area contributed by atoms with E-state index in [-0.39, 0.29) is 17.9 Å². The molecule has 0 N–H and O–H groups in total. The van der Waals surface area contributed by atoms with Crippen molar-refractivity contribution in [1.29, 1.82) is 5.26 Å². The van der Waals surface area contributed by atoms with Crippen molar-refractivity contribution >= 4 is 21.9 Å². The average molecular weight is 319 g/mol. The highest BCUT2D eigenvalue weighted by Crippen LogP contribution is 2.16. The number of hydrogen-bond donors (Lipinski definition) is 0. The summed E-state index contributed by atoms with van der Waals surface area (Å²) in [6.07, 6.45) is 1.18. The Kier molecular flexibility index (Phi) is 4.28. The van der Waals surface area contributed by atoms with E-state index in [4.69, 9.17) is 10.00 Å². The van der Waals surface area contributed by atoms with Gasteiger partial charge in [0.15, 0.2) is 0 Å². The van der Waals surface area contributed by atoms with Crippen LogP contribution in [-0.2, 0) is 26.3 Å². The van der Waals surface area contributed by atoms with Crippen molar-refractivity contribution in [3.8, 4) is 6.07 Å². The fourth-order valence-electron chi connectivity index (χ4n) is 1.73. The molecule has 2 rings (SSSR count). The van der Waals surface area contributed by atoms with Crippen molar-refractivity contribution in [2.24, 2.45) is 4.40 Å². The van der Waals surface area contributed by atoms with Crippen molar-refractivity contribution in [1.82, 2.24) is 4.31 Å². The van der Waals surface area contributed by atoms with Crippen LogP contribution in [0.4, 0.5) is 0 Å². The maximum absolute atomic E-state index is 12.0. The smallest absolute Gasteiger partial charge is 0.344 e. The first-order valence-corrected chi connectivity index (χ1v) is 7.66. The number of carbonyl (C=O) groups excluding carboxylic acids is 1. The Balaban J connectivity index is 2.07. The number of nitriles is 1. The molecule has 114 valence electrons. The van der Waals surface area contributed by atoms with Gasteiger partial charge in [0.1, 0.15) is 6.61 Å². The van der Waals surface area contributed by atoms with Crippen molar-refractivity contribution in [2.75, 3.05) is 7.05 Å². The molecule has 1 aromatic rings. The van der Waals surface area contributed by atoms with Crippen LogP contribution >= 0.6 is 0 Å². The van der Waals surface area contributed by atoms with E-state index in [1.807, 2.05) is 6.07 Å². The van der Waals surface area contributed by atoms with Gasteiger partial charge in [0.25, 0.3) is 0 Å². The van der Waals surface area contributed by atoms with Gasteiger partial charge in [-0.15, -0.1) is 4.40 Å². The molecule has 8 heteroatoms. The molecule has 0 saturated heterocycles. The van der Waals surface area contributed by atoms with E-state index in [1.165, 1.54) is 20.2 Å². The molecule has 0 aromatic heterocycles. The van der Waals surface area contributed by atoms with E-state index in [0.29, 0.717) is 5.56 Å². The SMILES string of the molecule is CC1=NS(=O)(=O)N(C)C=C1C(=O)OCc1ccc(C#N)cc1. The molecule has 0 aliphatic carbocycles. The molecule has 0 unspecified atom stereocenters. The van der Waals surface area contributed by atoms with Crippen LogP contribution in [0.1, 0.15) is 18.1 Å². The van der Waals surface area contributed by atoms with Gasteiger partial charge in [-0.3, -0.25) is 4.31 Å². The first-order valence-electron chi connectivity index (χ1n) is 6.26. The van der Waals surface area contributed by atoms with Gasteiger partial charge in [-0.05, 0) is 24.6 Å². The molecule has 1 heterocycles. The Labute approximate surface area is 128 Å². The van der Waals surface area contributed by atoms with Gasteiger partial charge in [0.05, 0.1) is 22.9 Å². The first kappa shape index (κ1) is 15.7. The molecule has 0 bridgehead atoms. The lowest BCUT2D eigenvalue weighted by atomic mass is 10.1. The highest BCUT2D eigenvalue weighted by molar-refractivity contribution is 7.88. The molecule has 1 aliphatic rings. The van der Waals surface area contributed by atoms with E-state index < -0.39 is 16.2 Å². The van der Waals surface area contributed by atoms with Crippen molar-refractivity contribution < 1.29 is 17.9 Å². The highest BCUT2D eigenvalue weighted by Gasteiger charge is 2.26. The van der Waals surface area contributed by atoms with Gasteiger partial charge in [0.2, 0.25) is 0 Å². The minimum absolute atomic E-state index is 0.0195. The number of ether oxygens (including phenoxy) is 1. The Morgan fingerprint density at radius 3 is 2.59 bits per heavy atom. The van der Waals surface area contributed by atoms with E-state index in [9.17, 15) is 13.2 Å². The Morgan fingerprint density at radius 2 is 2.00 bits per heavy atom. The summed E-state index contributed by atoms with van der Waals surface area (Å²) >= 11 is 0. The molecule has 0 fully saturated rings. The second-order valence-corrected chi connectivity index (χ2v) is 6.25. The number of carbonyl (C=O) groups is 1. The minimum atomic E-state index is -3.75. The van der Waals surface area contributed by atoms with Crippen LogP contribution in [-0.4, -0.2) is 31.5 Å². The van der Waals surface area contributed by atoms with Crippen LogP contribution < -0.4 is 0 Å². The summed E-state index contributed by atoms with van der Waals surface area (Å²) in [5.41, 5.74) is 1.41. The van der Waals surface area contributed by atoms with Gasteiger partial charge in [0, 0.05) is 13.2 Å². The van der Waals surface area contributed by atoms with Crippen molar-refractivity contribution in [3.05, 3.63) is 47.2 Å². The molecule has 0 amide bonds. The summed E-state index contributed by atoms with van der Waals surface area (Å²) in [7, 11) is -2.45. The first-order chi connectivity index (χ1) is 10.3. The topological polar surface area (TPSA) is 99.8 Å². The van der Waals surface area contributed by atoms with E-state index in [1.54, 1.807) is 24.3 Å². The highest BCUT2D eigenvalue weighted by atomic mass is 32.2. The number of hydrogen-bond acceptors (Lipinski definition) is 5. The maximum atomic E-state index is 12.0. The molecular formula is C14H13N3O4S. The fourth-order valence-corrected chi connectivity index (χ4v) is 2.54. The van der Waals surface area contributed by atoms with Gasteiger partial charge in [-0.2, -0.15) is 13.7 Å². The van der Waals surface area contributed by atoms with Crippen LogP contribution in [0.15, 0.2) is 40.4 Å². The predicted octanol–water partition coefficient (Wildman–Crippen LogP) is 1.14. The summed E-state index contributed by atoms with van der Waals surface area (Å²) < 4.78 is 32.5. The van der Waals surface area contributed by atoms with Gasteiger partial charge in [-0.1, -0.05) is 12.1 Å². The molecule has 0 saturated carbocycles. The average Bonchev–Trinajstić information content (AvgIpc) is 2.48. The Morgan fingerprint density at radius 1 is 1.36 bits per heavy atom. The fraction of sp³-hybridized carbons (Fsp3) is 0.214. The van der Waals surface area contributed by atoms with Gasteiger partial charge in [-0.25, -0.2) is 4.79 Å². The summed E-state index contributed by atoms with van der Waals surface area (Å²) in [5, 5.41) is 8.70. The second kappa shape index (κ2) is 5.99. The van der Waals surface area contributed by atoms with Crippen molar-refractivity contribution in [2.45, 2.75) is 13.5 Å². The lowest BCUT2D eigenvalue weighted by Gasteiger charge is -2.19. The third-order valence-corrected chi connectivity index (χ3v) is 4.33. The summed E-state index contributed by atoms with van der Waals surface area (Å²) in [5.74, 6) is -0.660. The standard InChI is InChI=1S/C14H13N3O4S/c1-10-13(8-17(2)22(19,20)16-10)14(18)21-9-12-5-3-11(7-15)4-6-12/h3-6,8H,9H2,1-2H3. The summed E-state index contributed by atoms with van der Waals surface area (Å²) in [6, 6.07) is 8.59. The predicted molar refractivity (Wildman–Crippen MR) is 78.8 cm³/mol. The Bertz CT molecular complexity index is 801. The second-order valence-electron chi connectivity index (χ2n) is 4.60. The molecule has 0 radical (unpaired) electrons. The largest absolute Gasteiger partial charge is 0.457 e. The molecule has 1 aliphatic heterocycles. The van der Waals surface area contributed by atoms with Crippen LogP contribution in [0, 0.1) is 11.3 Å². The summed E-state index contributed by atoms with van der Waals surface area (Å²) in [4.78, 5) is 12.0. The monoisotopic (exact) mass is 319 g/mol. The zero-order chi connectivity index (χ0) is 16.3. The zero-order valence-corrected chi connectivity index (χ0v) is 12.8. The number of esters is 1. The maximum Gasteiger partial charge on any atom is 0.344 e. The third-order valence-electron chi connectivity index (χ3n) is 2.99. The minimum Gasteiger partial charge on any atom is -0.457 e. The third kappa shape index (κ3) is 3.32. The van der Waals surface area contributed by atoms with Crippen LogP contribution in [0.2, 0.25) is 0 Å². The number of rotatable bonds is 3. The number of nitrogens with zero attached hydrogens (tertiary/aromatic N) is 3. The van der Waals surface area contributed by atoms with Crippen LogP contribution in [0.25, 0.3) is 0 Å². The van der Waals surface area contributed by atoms with E-state index in [0.717, 1.165) is 9.87 Å². The molecule has 0 spiro atoms.